The normalized spacial score (nSPS) is 48.0. The second kappa shape index (κ2) is 11.5. The summed E-state index contributed by atoms with van der Waals surface area (Å²) in [5.74, 6) is -0.181. The Morgan fingerprint density at radius 1 is 1.09 bits per heavy atom. The summed E-state index contributed by atoms with van der Waals surface area (Å²) in [7, 11) is 0. The first-order valence-corrected chi connectivity index (χ1v) is 16.9. The molecule has 246 valence electrons. The van der Waals surface area contributed by atoms with Crippen LogP contribution in [0.3, 0.4) is 0 Å². The maximum Gasteiger partial charge on any atom is 0.331 e. The zero-order chi connectivity index (χ0) is 31.6. The fourth-order valence-corrected chi connectivity index (χ4v) is 10.6. The van der Waals surface area contributed by atoms with Gasteiger partial charge in [0.2, 0.25) is 0 Å². The smallest absolute Gasteiger partial charge is 0.331 e. The molecule has 1 aromatic rings. The third kappa shape index (κ3) is 5.02. The Bertz CT molecular complexity index is 1330. The van der Waals surface area contributed by atoms with E-state index in [1.54, 1.807) is 19.2 Å². The lowest BCUT2D eigenvalue weighted by atomic mass is 9.41. The number of aliphatic hydroxyl groups excluding tert-OH is 2. The molecular weight excluding hydrogens is 576 g/mol. The minimum absolute atomic E-state index is 0.0157. The predicted octanol–water partition coefficient (Wildman–Crippen LogP) is 3.25. The summed E-state index contributed by atoms with van der Waals surface area (Å²) in [6, 6.07) is 5.78. The average molecular weight is 625 g/mol. The van der Waals surface area contributed by atoms with Crippen molar-refractivity contribution in [3.8, 4) is 0 Å². The highest BCUT2D eigenvalue weighted by atomic mass is 16.7. The van der Waals surface area contributed by atoms with Crippen molar-refractivity contribution in [1.29, 1.82) is 0 Å². The number of fused-ring (bicyclic) bond motifs is 5. The summed E-state index contributed by atoms with van der Waals surface area (Å²) < 4.78 is 17.5. The van der Waals surface area contributed by atoms with E-state index in [9.17, 15) is 25.2 Å². The van der Waals surface area contributed by atoms with Crippen LogP contribution in [0.4, 0.5) is 0 Å². The quantitative estimate of drug-likeness (QED) is 0.212. The van der Waals surface area contributed by atoms with Gasteiger partial charge in [0, 0.05) is 42.2 Å². The van der Waals surface area contributed by atoms with Crippen molar-refractivity contribution < 1.29 is 39.4 Å². The monoisotopic (exact) mass is 624 g/mol. The predicted molar refractivity (Wildman–Crippen MR) is 164 cm³/mol. The number of aliphatic hydroxyl groups is 4. The molecule has 0 bridgehead atoms. The Kier molecular flexibility index (Phi) is 8.02. The Morgan fingerprint density at radius 3 is 2.64 bits per heavy atom. The number of hydrogen-bond acceptors (Lipinski definition) is 10. The van der Waals surface area contributed by atoms with E-state index < -0.39 is 41.2 Å². The molecule has 10 nitrogen and oxygen atoms in total. The molecule has 2 aliphatic heterocycles. The van der Waals surface area contributed by atoms with E-state index in [0.717, 1.165) is 30.5 Å². The zero-order valence-corrected chi connectivity index (χ0v) is 26.4. The highest BCUT2D eigenvalue weighted by Gasteiger charge is 2.71. The van der Waals surface area contributed by atoms with E-state index in [1.807, 2.05) is 24.4 Å². The maximum atomic E-state index is 12.7. The summed E-state index contributed by atoms with van der Waals surface area (Å²) in [6.45, 7) is 4.66. The molecule has 12 atom stereocenters. The van der Waals surface area contributed by atoms with Gasteiger partial charge in [0.05, 0.1) is 41.8 Å². The molecule has 10 heteroatoms. The zero-order valence-electron chi connectivity index (χ0n) is 26.4. The van der Waals surface area contributed by atoms with Crippen LogP contribution < -0.4 is 0 Å². The van der Waals surface area contributed by atoms with Crippen LogP contribution in [-0.4, -0.2) is 86.1 Å². The summed E-state index contributed by atoms with van der Waals surface area (Å²) >= 11 is 0. The van der Waals surface area contributed by atoms with Crippen LogP contribution >= 0.6 is 0 Å². The third-order valence-corrected chi connectivity index (χ3v) is 12.9. The first kappa shape index (κ1) is 31.4. The van der Waals surface area contributed by atoms with Gasteiger partial charge in [-0.05, 0) is 93.7 Å². The molecule has 0 aromatic carbocycles. The molecule has 0 unspecified atom stereocenters. The SMILES string of the molecule is C[C@@H]1O[C@@H](O[C@H]2CC[C@@]3(C=NCc4ccccn4)[C@@H]4CC[C@@]5(C)[C@H](C6=CC(=O)OC6)CC[C@]5(O)[C@@H]4CC[C@]3(O)C2)C[C@@H](O)[C@@H]1O. The van der Waals surface area contributed by atoms with Gasteiger partial charge in [0.1, 0.15) is 12.7 Å². The van der Waals surface area contributed by atoms with Crippen molar-refractivity contribution in [2.24, 2.45) is 33.6 Å². The third-order valence-electron chi connectivity index (χ3n) is 12.9. The van der Waals surface area contributed by atoms with Crippen LogP contribution in [0.1, 0.15) is 83.7 Å². The lowest BCUT2D eigenvalue weighted by Gasteiger charge is -2.66. The lowest BCUT2D eigenvalue weighted by Crippen LogP contribution is -2.69. The van der Waals surface area contributed by atoms with Gasteiger partial charge >= 0.3 is 5.97 Å². The van der Waals surface area contributed by atoms with Crippen LogP contribution in [0.5, 0.6) is 0 Å². The number of carbonyl (C=O) groups excluding carboxylic acids is 1. The van der Waals surface area contributed by atoms with Crippen LogP contribution in [-0.2, 0) is 25.5 Å². The second-order valence-electron chi connectivity index (χ2n) is 15.0. The topological polar surface area (TPSA) is 151 Å². The van der Waals surface area contributed by atoms with Gasteiger partial charge in [-0.15, -0.1) is 0 Å². The van der Waals surface area contributed by atoms with Crippen molar-refractivity contribution in [2.75, 3.05) is 6.61 Å². The number of hydrogen-bond donors (Lipinski definition) is 4. The number of esters is 1. The maximum absolute atomic E-state index is 12.7. The van der Waals surface area contributed by atoms with Crippen molar-refractivity contribution >= 4 is 12.2 Å². The Labute approximate surface area is 264 Å². The first-order chi connectivity index (χ1) is 21.5. The van der Waals surface area contributed by atoms with Gasteiger partial charge < -0.3 is 34.6 Å². The number of aromatic nitrogens is 1. The van der Waals surface area contributed by atoms with Crippen LogP contribution in [0.15, 0.2) is 41.0 Å². The number of nitrogens with zero attached hydrogens (tertiary/aromatic N) is 2. The molecular formula is C35H48N2O8. The van der Waals surface area contributed by atoms with Gasteiger partial charge in [-0.3, -0.25) is 9.98 Å². The van der Waals surface area contributed by atoms with Crippen molar-refractivity contribution in [1.82, 2.24) is 4.98 Å². The van der Waals surface area contributed by atoms with E-state index in [1.165, 1.54) is 0 Å². The molecule has 6 aliphatic rings. The Balaban J connectivity index is 1.17. The highest BCUT2D eigenvalue weighted by molar-refractivity contribution is 5.85. The van der Waals surface area contributed by atoms with Gasteiger partial charge in [-0.25, -0.2) is 4.79 Å². The van der Waals surface area contributed by atoms with E-state index in [4.69, 9.17) is 19.2 Å². The minimum Gasteiger partial charge on any atom is -0.458 e. The van der Waals surface area contributed by atoms with Crippen LogP contribution in [0.25, 0.3) is 0 Å². The van der Waals surface area contributed by atoms with Gasteiger partial charge in [-0.2, -0.15) is 0 Å². The molecule has 45 heavy (non-hydrogen) atoms. The van der Waals surface area contributed by atoms with Crippen molar-refractivity contribution in [2.45, 2.75) is 127 Å². The van der Waals surface area contributed by atoms with E-state index in [0.29, 0.717) is 51.7 Å². The van der Waals surface area contributed by atoms with Crippen LogP contribution in [0, 0.1) is 28.6 Å². The average Bonchev–Trinajstić information content (AvgIpc) is 3.56. The molecule has 4 aliphatic carbocycles. The molecule has 7 rings (SSSR count). The summed E-state index contributed by atoms with van der Waals surface area (Å²) in [5, 5.41) is 45.9. The van der Waals surface area contributed by atoms with E-state index in [-0.39, 0.29) is 41.7 Å². The fourth-order valence-electron chi connectivity index (χ4n) is 10.6. The number of pyridine rings is 1. The molecule has 5 fully saturated rings. The standard InChI is InChI=1S/C35H48N2O8/c1-21-31(40)28(38)16-30(44-21)45-24-6-11-33(20-36-18-23-5-3-4-14-37-23)26-7-10-32(2)25(22-15-29(39)43-19-22)9-13-35(32,42)27(26)8-12-34(33,41)17-24/h3-5,14-15,20-21,24-28,30-31,38,40-42H,6-13,16-19H2,1-2H3/t21-,24-,25-,26+,27+,28+,30-,31+,32-,33+,34-,35-/m0/s1. The molecule has 1 aromatic heterocycles. The molecule has 0 spiro atoms. The molecule has 4 saturated carbocycles. The highest BCUT2D eigenvalue weighted by Crippen LogP contribution is 2.70. The van der Waals surface area contributed by atoms with Crippen molar-refractivity contribution in [3.05, 3.63) is 41.7 Å². The molecule has 4 N–H and O–H groups in total. The lowest BCUT2D eigenvalue weighted by molar-refractivity contribution is -0.282. The first-order valence-electron chi connectivity index (χ1n) is 16.9. The van der Waals surface area contributed by atoms with Gasteiger partial charge in [0.25, 0.3) is 0 Å². The Morgan fingerprint density at radius 2 is 1.91 bits per heavy atom. The number of carbonyl (C=O) groups is 1. The van der Waals surface area contributed by atoms with Gasteiger partial charge in [0.15, 0.2) is 6.29 Å². The van der Waals surface area contributed by atoms with E-state index in [2.05, 4.69) is 11.9 Å². The molecule has 0 radical (unpaired) electrons. The van der Waals surface area contributed by atoms with Gasteiger partial charge in [-0.1, -0.05) is 13.0 Å². The molecule has 1 saturated heterocycles. The Hall–Kier alpha value is -2.21. The molecule has 3 heterocycles. The number of aliphatic imine (C=N–C) groups is 1. The second-order valence-corrected chi connectivity index (χ2v) is 15.0. The summed E-state index contributed by atoms with van der Waals surface area (Å²) in [4.78, 5) is 21.4. The number of rotatable bonds is 6. The van der Waals surface area contributed by atoms with E-state index >= 15 is 0 Å². The minimum atomic E-state index is -1.10. The number of cyclic esters (lactones) is 1. The van der Waals surface area contributed by atoms with Crippen LogP contribution in [0.2, 0.25) is 0 Å². The summed E-state index contributed by atoms with van der Waals surface area (Å²) in [6.07, 6.45) is 8.31. The van der Waals surface area contributed by atoms with Crippen molar-refractivity contribution in [3.63, 3.8) is 0 Å². The molecule has 0 amide bonds. The largest absolute Gasteiger partial charge is 0.458 e. The fraction of sp³-hybridized carbons (Fsp3) is 0.743. The summed E-state index contributed by atoms with van der Waals surface area (Å²) in [5.41, 5.74) is -1.19. The number of ether oxygens (including phenoxy) is 3.